The van der Waals surface area contributed by atoms with Gasteiger partial charge >= 0.3 is 0 Å². The molecule has 0 aliphatic carbocycles. The molecule has 1 heterocycles. The second-order valence-corrected chi connectivity index (χ2v) is 15.5. The molecule has 0 aromatic carbocycles. The molecule has 0 bridgehead atoms. The lowest BCUT2D eigenvalue weighted by Crippen LogP contribution is -2.60. The summed E-state index contributed by atoms with van der Waals surface area (Å²) in [7, 11) is 0. The van der Waals surface area contributed by atoms with Gasteiger partial charge in [-0.15, -0.1) is 0 Å². The summed E-state index contributed by atoms with van der Waals surface area (Å²) in [6.45, 7) is 3.49. The molecule has 0 radical (unpaired) electrons. The van der Waals surface area contributed by atoms with Crippen LogP contribution in [0.15, 0.2) is 60.8 Å². The Bertz CT molecular complexity index is 1060. The monoisotopic (exact) mass is 790 g/mol. The number of unbranched alkanes of at least 4 members (excludes halogenated alkanes) is 18. The maximum absolute atomic E-state index is 12.8. The normalized spacial score (nSPS) is 21.7. The Morgan fingerprint density at radius 2 is 1.11 bits per heavy atom. The molecule has 7 atom stereocenters. The molecular weight excluding hydrogens is 707 g/mol. The summed E-state index contributed by atoms with van der Waals surface area (Å²) in [6.07, 6.45) is 42.1. The number of hydrogen-bond donors (Lipinski definition) is 6. The number of carbonyl (C=O) groups excluding carboxylic acids is 1. The van der Waals surface area contributed by atoms with Crippen molar-refractivity contribution in [3.05, 3.63) is 60.8 Å². The van der Waals surface area contributed by atoms with Crippen LogP contribution in [0.4, 0.5) is 0 Å². The van der Waals surface area contributed by atoms with Crippen LogP contribution in [0.25, 0.3) is 0 Å². The van der Waals surface area contributed by atoms with Gasteiger partial charge in [0.1, 0.15) is 24.4 Å². The van der Waals surface area contributed by atoms with E-state index < -0.39 is 49.5 Å². The standard InChI is InChI=1S/C47H83NO8/c1-3-5-7-9-10-11-12-13-14-15-16-17-18-19-20-21-22-23-24-25-26-27-28-29-30-31-32-33-35-37-43(51)48-40(41(50)36-34-8-6-4-2)39-55-47-46(54)45(53)44(52)42(38-49)56-47/h5,7,10-11,13-14,16-17,34,36,40-42,44-47,49-50,52-54H,3-4,6,8-9,12,15,18-33,35,37-39H2,1-2H3,(H,48,51)/b7-5-,11-10-,14-13-,17-16-,36-34+. The lowest BCUT2D eigenvalue weighted by Gasteiger charge is -2.40. The molecule has 0 saturated carbocycles. The lowest BCUT2D eigenvalue weighted by molar-refractivity contribution is -0.302. The van der Waals surface area contributed by atoms with Gasteiger partial charge in [0.05, 0.1) is 25.4 Å². The second kappa shape index (κ2) is 37.2. The Kier molecular flexibility index (Phi) is 34.5. The number of allylic oxidation sites excluding steroid dienone is 9. The van der Waals surface area contributed by atoms with Crippen LogP contribution in [0.3, 0.4) is 0 Å². The lowest BCUT2D eigenvalue weighted by atomic mass is 9.99. The zero-order valence-corrected chi connectivity index (χ0v) is 35.4. The molecule has 0 aromatic rings. The fraction of sp³-hybridized carbons (Fsp3) is 0.766. The first kappa shape index (κ1) is 51.9. The predicted octanol–water partition coefficient (Wildman–Crippen LogP) is 9.22. The van der Waals surface area contributed by atoms with Gasteiger partial charge in [0, 0.05) is 6.42 Å². The van der Waals surface area contributed by atoms with E-state index in [1.807, 2.05) is 6.08 Å². The van der Waals surface area contributed by atoms with Gasteiger partial charge in [0.15, 0.2) is 6.29 Å². The van der Waals surface area contributed by atoms with Crippen molar-refractivity contribution in [1.29, 1.82) is 0 Å². The quantitative estimate of drug-likeness (QED) is 0.0272. The van der Waals surface area contributed by atoms with E-state index in [4.69, 9.17) is 9.47 Å². The average molecular weight is 790 g/mol. The number of ether oxygens (including phenoxy) is 2. The molecular formula is C47H83NO8. The van der Waals surface area contributed by atoms with Gasteiger partial charge < -0.3 is 40.3 Å². The van der Waals surface area contributed by atoms with Gasteiger partial charge in [-0.3, -0.25) is 4.79 Å². The Balaban J connectivity index is 2.06. The van der Waals surface area contributed by atoms with E-state index in [0.717, 1.165) is 64.2 Å². The minimum atomic E-state index is -1.56. The van der Waals surface area contributed by atoms with Crippen molar-refractivity contribution in [3.63, 3.8) is 0 Å². The maximum atomic E-state index is 12.8. The summed E-state index contributed by atoms with van der Waals surface area (Å²) < 4.78 is 11.1. The van der Waals surface area contributed by atoms with E-state index in [2.05, 4.69) is 67.8 Å². The molecule has 1 aliphatic heterocycles. The molecule has 1 rings (SSSR count). The molecule has 0 aromatic heterocycles. The van der Waals surface area contributed by atoms with Crippen LogP contribution in [0.2, 0.25) is 0 Å². The highest BCUT2D eigenvalue weighted by Gasteiger charge is 2.44. The van der Waals surface area contributed by atoms with E-state index in [0.29, 0.717) is 6.42 Å². The van der Waals surface area contributed by atoms with Crippen LogP contribution < -0.4 is 5.32 Å². The Labute approximate surface area is 341 Å². The van der Waals surface area contributed by atoms with Crippen molar-refractivity contribution >= 4 is 5.91 Å². The topological polar surface area (TPSA) is 149 Å². The van der Waals surface area contributed by atoms with Gasteiger partial charge in [-0.2, -0.15) is 0 Å². The summed E-state index contributed by atoms with van der Waals surface area (Å²) in [5.74, 6) is -0.189. The highest BCUT2D eigenvalue weighted by atomic mass is 16.7. The molecule has 9 heteroatoms. The number of amides is 1. The summed E-state index contributed by atoms with van der Waals surface area (Å²) in [6, 6.07) is -0.801. The predicted molar refractivity (Wildman–Crippen MR) is 230 cm³/mol. The van der Waals surface area contributed by atoms with Gasteiger partial charge in [-0.1, -0.05) is 177 Å². The van der Waals surface area contributed by atoms with E-state index in [-0.39, 0.29) is 12.5 Å². The van der Waals surface area contributed by atoms with Crippen LogP contribution >= 0.6 is 0 Å². The highest BCUT2D eigenvalue weighted by molar-refractivity contribution is 5.76. The third kappa shape index (κ3) is 27.5. The molecule has 1 amide bonds. The van der Waals surface area contributed by atoms with Crippen molar-refractivity contribution < 1.29 is 39.8 Å². The molecule has 56 heavy (non-hydrogen) atoms. The Morgan fingerprint density at radius 3 is 1.62 bits per heavy atom. The van der Waals surface area contributed by atoms with Crippen molar-refractivity contribution in [2.45, 2.75) is 217 Å². The van der Waals surface area contributed by atoms with Crippen molar-refractivity contribution in [3.8, 4) is 0 Å². The van der Waals surface area contributed by atoms with Crippen LogP contribution in [0.5, 0.6) is 0 Å². The fourth-order valence-electron chi connectivity index (χ4n) is 6.72. The van der Waals surface area contributed by atoms with Crippen molar-refractivity contribution in [2.75, 3.05) is 13.2 Å². The summed E-state index contributed by atoms with van der Waals surface area (Å²) in [5.41, 5.74) is 0. The van der Waals surface area contributed by atoms with Crippen molar-refractivity contribution in [2.24, 2.45) is 0 Å². The third-order valence-electron chi connectivity index (χ3n) is 10.3. The molecule has 6 N–H and O–H groups in total. The smallest absolute Gasteiger partial charge is 0.220 e. The number of hydrogen-bond acceptors (Lipinski definition) is 8. The van der Waals surface area contributed by atoms with Crippen molar-refractivity contribution in [1.82, 2.24) is 5.32 Å². The molecule has 1 saturated heterocycles. The molecule has 1 aliphatic rings. The van der Waals surface area contributed by atoms with Gasteiger partial charge in [0.25, 0.3) is 0 Å². The number of nitrogens with one attached hydrogen (secondary N) is 1. The van der Waals surface area contributed by atoms with Crippen LogP contribution in [0.1, 0.15) is 174 Å². The minimum Gasteiger partial charge on any atom is -0.394 e. The van der Waals surface area contributed by atoms with E-state index in [9.17, 15) is 30.3 Å². The summed E-state index contributed by atoms with van der Waals surface area (Å²) >= 11 is 0. The maximum Gasteiger partial charge on any atom is 0.220 e. The number of rotatable bonds is 36. The van der Waals surface area contributed by atoms with E-state index >= 15 is 0 Å². The zero-order chi connectivity index (χ0) is 40.9. The zero-order valence-electron chi connectivity index (χ0n) is 35.4. The summed E-state index contributed by atoms with van der Waals surface area (Å²) in [5, 5.41) is 53.5. The van der Waals surface area contributed by atoms with Crippen LogP contribution in [-0.4, -0.2) is 87.5 Å². The number of aliphatic hydroxyl groups is 5. The second-order valence-electron chi connectivity index (χ2n) is 15.5. The number of aliphatic hydroxyl groups excluding tert-OH is 5. The highest BCUT2D eigenvalue weighted by Crippen LogP contribution is 2.22. The first-order valence-electron chi connectivity index (χ1n) is 22.5. The molecule has 324 valence electrons. The van der Waals surface area contributed by atoms with Gasteiger partial charge in [-0.25, -0.2) is 0 Å². The van der Waals surface area contributed by atoms with Gasteiger partial charge in [0.2, 0.25) is 5.91 Å². The summed E-state index contributed by atoms with van der Waals surface area (Å²) in [4.78, 5) is 12.8. The number of carbonyl (C=O) groups is 1. The third-order valence-corrected chi connectivity index (χ3v) is 10.3. The molecule has 1 fully saturated rings. The Hall–Kier alpha value is -2.11. The molecule has 0 spiro atoms. The first-order chi connectivity index (χ1) is 27.3. The van der Waals surface area contributed by atoms with E-state index in [1.165, 1.54) is 89.9 Å². The van der Waals surface area contributed by atoms with Gasteiger partial charge in [-0.05, 0) is 51.4 Å². The minimum absolute atomic E-state index is 0.189. The fourth-order valence-corrected chi connectivity index (χ4v) is 6.72. The van der Waals surface area contributed by atoms with Crippen LogP contribution in [0, 0.1) is 0 Å². The van der Waals surface area contributed by atoms with Crippen LogP contribution in [-0.2, 0) is 14.3 Å². The molecule has 9 nitrogen and oxygen atoms in total. The average Bonchev–Trinajstić information content (AvgIpc) is 3.20. The first-order valence-corrected chi connectivity index (χ1v) is 22.5. The Morgan fingerprint density at radius 1 is 0.625 bits per heavy atom. The molecule has 7 unspecified atom stereocenters. The SMILES string of the molecule is CC/C=C\C/C=C\C/C=C\C/C=C\CCCCCCCCCCCCCCCCCCC(=O)NC(COC1OC(CO)C(O)C(O)C1O)C(O)/C=C/CCCC. The van der Waals surface area contributed by atoms with E-state index in [1.54, 1.807) is 6.08 Å². The largest absolute Gasteiger partial charge is 0.394 e.